The number of thiazole rings is 1. The number of aromatic nitrogens is 1. The van der Waals surface area contributed by atoms with Gasteiger partial charge in [0.25, 0.3) is 0 Å². The Hall–Kier alpha value is -0.940. The summed E-state index contributed by atoms with van der Waals surface area (Å²) in [5.74, 6) is 0.178. The summed E-state index contributed by atoms with van der Waals surface area (Å²) in [5.41, 5.74) is 1.08. The first-order chi connectivity index (χ1) is 7.58. The highest BCUT2D eigenvalue weighted by Crippen LogP contribution is 2.18. The molecule has 1 aliphatic rings. The minimum atomic E-state index is -0.0593. The number of rotatable bonds is 2. The molecule has 0 radical (unpaired) electrons. The van der Waals surface area contributed by atoms with Crippen LogP contribution >= 0.6 is 11.3 Å². The number of aryl methyl sites for hydroxylation is 2. The molecule has 16 heavy (non-hydrogen) atoms. The van der Waals surface area contributed by atoms with Gasteiger partial charge in [0.15, 0.2) is 0 Å². The summed E-state index contributed by atoms with van der Waals surface area (Å²) in [7, 11) is 0. The summed E-state index contributed by atoms with van der Waals surface area (Å²) in [5, 5.41) is 4.20. The Morgan fingerprint density at radius 3 is 2.94 bits per heavy atom. The average molecular weight is 239 g/mol. The van der Waals surface area contributed by atoms with Crippen molar-refractivity contribution in [3.8, 4) is 0 Å². The standard InChI is InChI=1S/C11H17N3OS/c1-7-9(3)16-10(13-7)6-14-5-4-12-8(2)11(14)15/h8,12H,4-6H2,1-3H3. The summed E-state index contributed by atoms with van der Waals surface area (Å²) in [6, 6.07) is -0.0593. The summed E-state index contributed by atoms with van der Waals surface area (Å²) in [6.07, 6.45) is 0. The topological polar surface area (TPSA) is 45.2 Å². The van der Waals surface area contributed by atoms with E-state index in [9.17, 15) is 4.79 Å². The van der Waals surface area contributed by atoms with E-state index < -0.39 is 0 Å². The van der Waals surface area contributed by atoms with Gasteiger partial charge in [-0.15, -0.1) is 11.3 Å². The third kappa shape index (κ3) is 2.25. The lowest BCUT2D eigenvalue weighted by molar-refractivity contribution is -0.135. The van der Waals surface area contributed by atoms with Crippen LogP contribution in [0.1, 0.15) is 22.5 Å². The van der Waals surface area contributed by atoms with Crippen LogP contribution in [-0.2, 0) is 11.3 Å². The zero-order valence-corrected chi connectivity index (χ0v) is 10.7. The van der Waals surface area contributed by atoms with E-state index in [1.165, 1.54) is 4.88 Å². The number of hydrogen-bond donors (Lipinski definition) is 1. The molecule has 1 amide bonds. The maximum Gasteiger partial charge on any atom is 0.239 e. The monoisotopic (exact) mass is 239 g/mol. The van der Waals surface area contributed by atoms with Crippen LogP contribution in [0.2, 0.25) is 0 Å². The van der Waals surface area contributed by atoms with Crippen LogP contribution in [0.4, 0.5) is 0 Å². The lowest BCUT2D eigenvalue weighted by atomic mass is 10.2. The van der Waals surface area contributed by atoms with Crippen molar-refractivity contribution in [2.75, 3.05) is 13.1 Å². The van der Waals surface area contributed by atoms with Crippen molar-refractivity contribution in [3.63, 3.8) is 0 Å². The largest absolute Gasteiger partial charge is 0.333 e. The van der Waals surface area contributed by atoms with E-state index in [1.807, 2.05) is 18.7 Å². The molecule has 1 atom stereocenters. The molecular formula is C11H17N3OS. The van der Waals surface area contributed by atoms with Gasteiger partial charge in [-0.3, -0.25) is 4.79 Å². The van der Waals surface area contributed by atoms with Gasteiger partial charge in [0.2, 0.25) is 5.91 Å². The number of amides is 1. The highest BCUT2D eigenvalue weighted by atomic mass is 32.1. The Kier molecular flexibility index (Phi) is 3.25. The van der Waals surface area contributed by atoms with Crippen LogP contribution < -0.4 is 5.32 Å². The SMILES string of the molecule is Cc1nc(CN2CCNC(C)C2=O)sc1C. The number of piperazine rings is 1. The molecule has 2 heterocycles. The number of carbonyl (C=O) groups is 1. The Labute approximate surface area is 99.7 Å². The van der Waals surface area contributed by atoms with Crippen molar-refractivity contribution in [3.05, 3.63) is 15.6 Å². The van der Waals surface area contributed by atoms with Crippen LogP contribution in [0.5, 0.6) is 0 Å². The smallest absolute Gasteiger partial charge is 0.239 e. The van der Waals surface area contributed by atoms with Crippen molar-refractivity contribution in [2.24, 2.45) is 0 Å². The molecule has 4 nitrogen and oxygen atoms in total. The molecular weight excluding hydrogens is 222 g/mol. The zero-order chi connectivity index (χ0) is 11.7. The maximum atomic E-state index is 11.9. The molecule has 1 aromatic heterocycles. The van der Waals surface area contributed by atoms with E-state index in [4.69, 9.17) is 0 Å². The molecule has 0 bridgehead atoms. The second-order valence-electron chi connectivity index (χ2n) is 4.18. The van der Waals surface area contributed by atoms with E-state index >= 15 is 0 Å². The highest BCUT2D eigenvalue weighted by Gasteiger charge is 2.25. The van der Waals surface area contributed by atoms with Crippen molar-refractivity contribution in [2.45, 2.75) is 33.4 Å². The molecule has 88 valence electrons. The average Bonchev–Trinajstić information content (AvgIpc) is 2.54. The first-order valence-electron chi connectivity index (χ1n) is 5.53. The maximum absolute atomic E-state index is 11.9. The van der Waals surface area contributed by atoms with Gasteiger partial charge in [-0.25, -0.2) is 4.98 Å². The van der Waals surface area contributed by atoms with Crippen LogP contribution in [-0.4, -0.2) is 34.9 Å². The Morgan fingerprint density at radius 2 is 2.31 bits per heavy atom. The van der Waals surface area contributed by atoms with Gasteiger partial charge in [-0.05, 0) is 20.8 Å². The molecule has 0 aliphatic carbocycles. The summed E-state index contributed by atoms with van der Waals surface area (Å²) in [4.78, 5) is 19.5. The van der Waals surface area contributed by atoms with Gasteiger partial charge in [-0.2, -0.15) is 0 Å². The Balaban J connectivity index is 2.06. The van der Waals surface area contributed by atoms with Crippen molar-refractivity contribution >= 4 is 17.2 Å². The van der Waals surface area contributed by atoms with Crippen molar-refractivity contribution in [1.82, 2.24) is 15.2 Å². The summed E-state index contributed by atoms with van der Waals surface area (Å²) in [6.45, 7) is 8.30. The fourth-order valence-corrected chi connectivity index (χ4v) is 2.76. The molecule has 1 unspecified atom stereocenters. The fourth-order valence-electron chi connectivity index (χ4n) is 1.81. The Bertz CT molecular complexity index is 382. The first kappa shape index (κ1) is 11.5. The van der Waals surface area contributed by atoms with E-state index in [0.29, 0.717) is 6.54 Å². The van der Waals surface area contributed by atoms with Crippen LogP contribution in [0.25, 0.3) is 0 Å². The van der Waals surface area contributed by atoms with Crippen LogP contribution in [0.3, 0.4) is 0 Å². The fraction of sp³-hybridized carbons (Fsp3) is 0.636. The molecule has 0 saturated carbocycles. The number of hydrogen-bond acceptors (Lipinski definition) is 4. The third-order valence-electron chi connectivity index (χ3n) is 2.91. The number of nitrogens with zero attached hydrogens (tertiary/aromatic N) is 2. The first-order valence-corrected chi connectivity index (χ1v) is 6.34. The van der Waals surface area contributed by atoms with Gasteiger partial charge < -0.3 is 10.2 Å². The van der Waals surface area contributed by atoms with Gasteiger partial charge >= 0.3 is 0 Å². The third-order valence-corrected chi connectivity index (χ3v) is 3.97. The van der Waals surface area contributed by atoms with Gasteiger partial charge in [0.05, 0.1) is 18.3 Å². The van der Waals surface area contributed by atoms with E-state index in [0.717, 1.165) is 23.8 Å². The molecule has 5 heteroatoms. The molecule has 2 rings (SSSR count). The Morgan fingerprint density at radius 1 is 1.56 bits per heavy atom. The van der Waals surface area contributed by atoms with E-state index in [2.05, 4.69) is 17.2 Å². The molecule has 1 saturated heterocycles. The molecule has 1 aliphatic heterocycles. The molecule has 1 N–H and O–H groups in total. The van der Waals surface area contributed by atoms with Crippen LogP contribution in [0, 0.1) is 13.8 Å². The summed E-state index contributed by atoms with van der Waals surface area (Å²) >= 11 is 1.69. The van der Waals surface area contributed by atoms with Gasteiger partial charge in [0.1, 0.15) is 5.01 Å². The second-order valence-corrected chi connectivity index (χ2v) is 5.47. The molecule has 1 aromatic rings. The number of carbonyl (C=O) groups excluding carboxylic acids is 1. The minimum absolute atomic E-state index is 0.0593. The quantitative estimate of drug-likeness (QED) is 0.840. The van der Waals surface area contributed by atoms with E-state index in [1.54, 1.807) is 11.3 Å². The van der Waals surface area contributed by atoms with Gasteiger partial charge in [0, 0.05) is 18.0 Å². The van der Waals surface area contributed by atoms with Crippen molar-refractivity contribution in [1.29, 1.82) is 0 Å². The normalized spacial score (nSPS) is 21.6. The zero-order valence-electron chi connectivity index (χ0n) is 9.91. The number of nitrogens with one attached hydrogen (secondary N) is 1. The molecule has 1 fully saturated rings. The van der Waals surface area contributed by atoms with E-state index in [-0.39, 0.29) is 11.9 Å². The van der Waals surface area contributed by atoms with Gasteiger partial charge in [-0.1, -0.05) is 0 Å². The molecule has 0 aromatic carbocycles. The lowest BCUT2D eigenvalue weighted by Gasteiger charge is -2.30. The second kappa shape index (κ2) is 4.51. The molecule has 0 spiro atoms. The predicted molar refractivity (Wildman–Crippen MR) is 64.5 cm³/mol. The lowest BCUT2D eigenvalue weighted by Crippen LogP contribution is -2.53. The van der Waals surface area contributed by atoms with Crippen molar-refractivity contribution < 1.29 is 4.79 Å². The van der Waals surface area contributed by atoms with Crippen LogP contribution in [0.15, 0.2) is 0 Å². The predicted octanol–water partition coefficient (Wildman–Crippen LogP) is 1.08. The summed E-state index contributed by atoms with van der Waals surface area (Å²) < 4.78 is 0. The minimum Gasteiger partial charge on any atom is -0.333 e. The highest BCUT2D eigenvalue weighted by molar-refractivity contribution is 7.11.